The molecule has 0 saturated heterocycles. The molecule has 2 aromatic carbocycles. The van der Waals surface area contributed by atoms with Gasteiger partial charge in [-0.1, -0.05) is 12.1 Å². The molecule has 0 bridgehead atoms. The lowest BCUT2D eigenvalue weighted by molar-refractivity contribution is 0.414. The summed E-state index contributed by atoms with van der Waals surface area (Å²) < 4.78 is 11.9. The van der Waals surface area contributed by atoms with Gasteiger partial charge in [-0.25, -0.2) is 4.79 Å². The number of nitrogen functional groups attached to an aromatic ring is 1. The van der Waals surface area contributed by atoms with Crippen molar-refractivity contribution in [2.24, 2.45) is 0 Å². The summed E-state index contributed by atoms with van der Waals surface area (Å²) in [4.78, 5) is 11.9. The van der Waals surface area contributed by atoms with Crippen molar-refractivity contribution in [1.29, 1.82) is 0 Å². The average Bonchev–Trinajstić information content (AvgIpc) is 2.75. The molecule has 5 nitrogen and oxygen atoms in total. The van der Waals surface area contributed by atoms with Crippen molar-refractivity contribution in [3.63, 3.8) is 0 Å². The van der Waals surface area contributed by atoms with Crippen LogP contribution in [-0.2, 0) is 6.54 Å². The predicted molar refractivity (Wildman–Crippen MR) is 77.0 cm³/mol. The lowest BCUT2D eigenvalue weighted by Crippen LogP contribution is -2.14. The Labute approximate surface area is 115 Å². The van der Waals surface area contributed by atoms with Crippen LogP contribution < -0.4 is 16.2 Å². The van der Waals surface area contributed by atoms with Gasteiger partial charge in [0.1, 0.15) is 5.75 Å². The quantitative estimate of drug-likeness (QED) is 0.741. The first-order chi connectivity index (χ1) is 9.67. The first kappa shape index (κ1) is 12.3. The van der Waals surface area contributed by atoms with Crippen LogP contribution in [0.4, 0.5) is 5.69 Å². The van der Waals surface area contributed by atoms with Crippen molar-refractivity contribution in [1.82, 2.24) is 4.57 Å². The van der Waals surface area contributed by atoms with Gasteiger partial charge >= 0.3 is 5.76 Å². The van der Waals surface area contributed by atoms with Gasteiger partial charge in [0, 0.05) is 11.8 Å². The molecule has 0 unspecified atom stereocenters. The summed E-state index contributed by atoms with van der Waals surface area (Å²) in [5.74, 6) is 0.396. The van der Waals surface area contributed by atoms with Gasteiger partial charge < -0.3 is 14.9 Å². The van der Waals surface area contributed by atoms with Crippen LogP contribution >= 0.6 is 0 Å². The molecule has 0 atom stereocenters. The fraction of sp³-hybridized carbons (Fsp3) is 0.133. The van der Waals surface area contributed by atoms with Crippen molar-refractivity contribution in [2.75, 3.05) is 12.8 Å². The van der Waals surface area contributed by atoms with Crippen molar-refractivity contribution in [2.45, 2.75) is 6.54 Å². The second-order valence-electron chi connectivity index (χ2n) is 4.53. The van der Waals surface area contributed by atoms with E-state index in [9.17, 15) is 4.79 Å². The lowest BCUT2D eigenvalue weighted by Gasteiger charge is -2.04. The van der Waals surface area contributed by atoms with Gasteiger partial charge in [0.05, 0.1) is 19.2 Å². The van der Waals surface area contributed by atoms with Gasteiger partial charge in [0.15, 0.2) is 5.58 Å². The third kappa shape index (κ3) is 2.14. The average molecular weight is 270 g/mol. The standard InChI is InChI=1S/C15H14N2O3/c1-19-12-5-2-10(3-6-12)9-17-13-7-4-11(16)8-14(13)20-15(17)18/h2-8H,9,16H2,1H3. The number of nitrogens with zero attached hydrogens (tertiary/aromatic N) is 1. The van der Waals surface area contributed by atoms with Crippen molar-refractivity contribution < 1.29 is 9.15 Å². The molecule has 102 valence electrons. The molecular formula is C15H14N2O3. The fourth-order valence-electron chi connectivity index (χ4n) is 2.15. The van der Waals surface area contributed by atoms with E-state index in [2.05, 4.69) is 0 Å². The molecule has 0 aliphatic rings. The van der Waals surface area contributed by atoms with E-state index in [1.165, 1.54) is 0 Å². The second kappa shape index (κ2) is 4.77. The Kier molecular flexibility index (Phi) is 2.95. The summed E-state index contributed by atoms with van der Waals surface area (Å²) in [6.07, 6.45) is 0. The van der Waals surface area contributed by atoms with Crippen molar-refractivity contribution >= 4 is 16.8 Å². The van der Waals surface area contributed by atoms with E-state index < -0.39 is 0 Å². The molecule has 0 saturated carbocycles. The third-order valence-corrected chi connectivity index (χ3v) is 3.19. The molecule has 1 aromatic heterocycles. The van der Waals surface area contributed by atoms with Crippen LogP contribution in [0, 0.1) is 0 Å². The molecule has 0 aliphatic heterocycles. The zero-order valence-corrected chi connectivity index (χ0v) is 11.0. The number of oxazole rings is 1. The zero-order chi connectivity index (χ0) is 14.1. The fourth-order valence-corrected chi connectivity index (χ4v) is 2.15. The first-order valence-corrected chi connectivity index (χ1v) is 6.19. The van der Waals surface area contributed by atoms with Gasteiger partial charge in [-0.3, -0.25) is 4.57 Å². The van der Waals surface area contributed by atoms with Crippen molar-refractivity contribution in [3.8, 4) is 5.75 Å². The smallest absolute Gasteiger partial charge is 0.420 e. The Bertz CT molecular complexity index is 800. The highest BCUT2D eigenvalue weighted by atomic mass is 16.5. The summed E-state index contributed by atoms with van der Waals surface area (Å²) in [5, 5.41) is 0. The number of fused-ring (bicyclic) bond motifs is 1. The van der Waals surface area contributed by atoms with Gasteiger partial charge in [-0.2, -0.15) is 0 Å². The van der Waals surface area contributed by atoms with Crippen LogP contribution in [0.5, 0.6) is 5.75 Å². The van der Waals surface area contributed by atoms with Gasteiger partial charge in [0.25, 0.3) is 0 Å². The summed E-state index contributed by atoms with van der Waals surface area (Å²) in [6, 6.07) is 12.8. The number of aromatic nitrogens is 1. The summed E-state index contributed by atoms with van der Waals surface area (Å²) >= 11 is 0. The number of hydrogen-bond donors (Lipinski definition) is 1. The molecule has 5 heteroatoms. The van der Waals surface area contributed by atoms with Gasteiger partial charge in [-0.15, -0.1) is 0 Å². The largest absolute Gasteiger partial charge is 0.497 e. The summed E-state index contributed by atoms with van der Waals surface area (Å²) in [7, 11) is 1.62. The molecule has 0 radical (unpaired) electrons. The number of nitrogens with two attached hydrogens (primary N) is 1. The highest BCUT2D eigenvalue weighted by Crippen LogP contribution is 2.18. The second-order valence-corrected chi connectivity index (χ2v) is 4.53. The molecule has 3 aromatic rings. The van der Waals surface area contributed by atoms with E-state index in [0.717, 1.165) is 16.8 Å². The highest BCUT2D eigenvalue weighted by Gasteiger charge is 2.09. The molecule has 20 heavy (non-hydrogen) atoms. The molecule has 0 amide bonds. The number of hydrogen-bond acceptors (Lipinski definition) is 4. The Morgan fingerprint density at radius 2 is 1.95 bits per heavy atom. The normalized spacial score (nSPS) is 10.8. The minimum Gasteiger partial charge on any atom is -0.497 e. The van der Waals surface area contributed by atoms with Crippen LogP contribution in [-0.4, -0.2) is 11.7 Å². The van der Waals surface area contributed by atoms with Crippen molar-refractivity contribution in [3.05, 3.63) is 58.6 Å². The van der Waals surface area contributed by atoms with E-state index in [0.29, 0.717) is 17.8 Å². The van der Waals surface area contributed by atoms with E-state index in [1.54, 1.807) is 29.9 Å². The third-order valence-electron chi connectivity index (χ3n) is 3.19. The summed E-state index contributed by atoms with van der Waals surface area (Å²) in [5.41, 5.74) is 8.49. The lowest BCUT2D eigenvalue weighted by atomic mass is 10.2. The molecular weight excluding hydrogens is 256 g/mol. The molecule has 0 fully saturated rings. The SMILES string of the molecule is COc1ccc(Cn2c(=O)oc3cc(N)ccc32)cc1. The minimum absolute atomic E-state index is 0.388. The minimum atomic E-state index is -0.388. The molecule has 0 spiro atoms. The van der Waals surface area contributed by atoms with E-state index in [4.69, 9.17) is 14.9 Å². The molecule has 3 rings (SSSR count). The molecule has 0 aliphatic carbocycles. The van der Waals surface area contributed by atoms with Crippen LogP contribution in [0.3, 0.4) is 0 Å². The Hall–Kier alpha value is -2.69. The number of methoxy groups -OCH3 is 1. The number of benzene rings is 2. The number of rotatable bonds is 3. The van der Waals surface area contributed by atoms with Crippen LogP contribution in [0.1, 0.15) is 5.56 Å². The van der Waals surface area contributed by atoms with Crippen LogP contribution in [0.2, 0.25) is 0 Å². The van der Waals surface area contributed by atoms with Crippen LogP contribution in [0.15, 0.2) is 51.7 Å². The maximum atomic E-state index is 11.9. The topological polar surface area (TPSA) is 70.4 Å². The Morgan fingerprint density at radius 3 is 2.65 bits per heavy atom. The monoisotopic (exact) mass is 270 g/mol. The predicted octanol–water partition coefficient (Wildman–Crippen LogP) is 2.23. The first-order valence-electron chi connectivity index (χ1n) is 6.19. The number of anilines is 1. The number of ether oxygens (including phenoxy) is 1. The highest BCUT2D eigenvalue weighted by molar-refractivity contribution is 5.76. The Morgan fingerprint density at radius 1 is 1.20 bits per heavy atom. The van der Waals surface area contributed by atoms with E-state index in [-0.39, 0.29) is 5.76 Å². The summed E-state index contributed by atoms with van der Waals surface area (Å²) in [6.45, 7) is 0.444. The molecule has 2 N–H and O–H groups in total. The Balaban J connectivity index is 2.01. The van der Waals surface area contributed by atoms with Crippen LogP contribution in [0.25, 0.3) is 11.1 Å². The zero-order valence-electron chi connectivity index (χ0n) is 11.0. The van der Waals surface area contributed by atoms with Gasteiger partial charge in [-0.05, 0) is 29.8 Å². The molecule has 1 heterocycles. The maximum Gasteiger partial charge on any atom is 0.420 e. The van der Waals surface area contributed by atoms with E-state index in [1.807, 2.05) is 24.3 Å². The maximum absolute atomic E-state index is 11.9. The van der Waals surface area contributed by atoms with E-state index >= 15 is 0 Å². The van der Waals surface area contributed by atoms with Gasteiger partial charge in [0.2, 0.25) is 0 Å².